The summed E-state index contributed by atoms with van der Waals surface area (Å²) < 4.78 is 27.2. The van der Waals surface area contributed by atoms with Gasteiger partial charge in [0.15, 0.2) is 0 Å². The first-order valence-electron chi connectivity index (χ1n) is 6.74. The molecular formula is C14H19N3O2S. The molecule has 0 amide bonds. The summed E-state index contributed by atoms with van der Waals surface area (Å²) in [6.07, 6.45) is 2.13. The number of rotatable bonds is 4. The number of nitrogens with zero attached hydrogens (tertiary/aromatic N) is 1. The van der Waals surface area contributed by atoms with E-state index < -0.39 is 10.0 Å². The molecular weight excluding hydrogens is 274 g/mol. The van der Waals surface area contributed by atoms with E-state index in [-0.39, 0.29) is 4.90 Å². The zero-order valence-electron chi connectivity index (χ0n) is 11.5. The van der Waals surface area contributed by atoms with Crippen molar-refractivity contribution in [2.45, 2.75) is 24.7 Å². The molecule has 1 aliphatic rings. The maximum atomic E-state index is 12.3. The molecule has 1 aromatic carbocycles. The molecule has 108 valence electrons. The van der Waals surface area contributed by atoms with E-state index in [1.165, 1.54) is 12.1 Å². The van der Waals surface area contributed by atoms with Gasteiger partial charge in [-0.05, 0) is 62.5 Å². The maximum absolute atomic E-state index is 12.3. The Morgan fingerprint density at radius 2 is 2.30 bits per heavy atom. The number of hydrogen-bond donors (Lipinski definition) is 2. The molecule has 0 bridgehead atoms. The fraction of sp³-hybridized carbons (Fsp3) is 0.500. The van der Waals surface area contributed by atoms with Crippen LogP contribution in [0.2, 0.25) is 0 Å². The number of sulfonamides is 1. The third-order valence-electron chi connectivity index (χ3n) is 3.55. The van der Waals surface area contributed by atoms with Gasteiger partial charge in [-0.15, -0.1) is 0 Å². The molecule has 1 atom stereocenters. The summed E-state index contributed by atoms with van der Waals surface area (Å²) in [7, 11) is -3.50. The Hall–Kier alpha value is -1.42. The molecule has 6 heteroatoms. The summed E-state index contributed by atoms with van der Waals surface area (Å²) in [6, 6.07) is 6.63. The highest BCUT2D eigenvalue weighted by Gasteiger charge is 2.20. The highest BCUT2D eigenvalue weighted by atomic mass is 32.2. The number of aryl methyl sites for hydroxylation is 1. The zero-order chi connectivity index (χ0) is 14.6. The topological polar surface area (TPSA) is 82.0 Å². The molecule has 0 aliphatic carbocycles. The van der Waals surface area contributed by atoms with E-state index in [1.807, 2.05) is 6.07 Å². The quantitative estimate of drug-likeness (QED) is 0.872. The Bertz CT molecular complexity index is 614. The van der Waals surface area contributed by atoms with E-state index in [0.29, 0.717) is 23.6 Å². The van der Waals surface area contributed by atoms with Gasteiger partial charge in [0.1, 0.15) is 0 Å². The van der Waals surface area contributed by atoms with Crippen LogP contribution in [0.1, 0.15) is 24.0 Å². The lowest BCUT2D eigenvalue weighted by Gasteiger charge is -2.23. The molecule has 0 radical (unpaired) electrons. The Kier molecular flexibility index (Phi) is 4.76. The van der Waals surface area contributed by atoms with Crippen molar-refractivity contribution in [2.24, 2.45) is 5.92 Å². The van der Waals surface area contributed by atoms with E-state index in [9.17, 15) is 8.42 Å². The fourth-order valence-corrected chi connectivity index (χ4v) is 3.76. The highest BCUT2D eigenvalue weighted by molar-refractivity contribution is 7.89. The molecule has 1 fully saturated rings. The van der Waals surface area contributed by atoms with Crippen molar-refractivity contribution in [3.63, 3.8) is 0 Å². The third kappa shape index (κ3) is 3.57. The molecule has 0 unspecified atom stereocenters. The van der Waals surface area contributed by atoms with Gasteiger partial charge < -0.3 is 5.32 Å². The van der Waals surface area contributed by atoms with Crippen molar-refractivity contribution in [3.05, 3.63) is 29.3 Å². The van der Waals surface area contributed by atoms with Crippen molar-refractivity contribution >= 4 is 10.0 Å². The summed E-state index contributed by atoms with van der Waals surface area (Å²) in [5.41, 5.74) is 1.07. The van der Waals surface area contributed by atoms with Crippen molar-refractivity contribution in [2.75, 3.05) is 19.6 Å². The van der Waals surface area contributed by atoms with Crippen LogP contribution in [0.3, 0.4) is 0 Å². The first kappa shape index (κ1) is 15.0. The Morgan fingerprint density at radius 1 is 1.50 bits per heavy atom. The van der Waals surface area contributed by atoms with Crippen molar-refractivity contribution in [1.82, 2.24) is 10.0 Å². The molecule has 1 saturated heterocycles. The predicted octanol–water partition coefficient (Wildman–Crippen LogP) is 1.14. The average molecular weight is 293 g/mol. The summed E-state index contributed by atoms with van der Waals surface area (Å²) in [5, 5.41) is 12.1. The standard InChI is InChI=1S/C14H19N3O2S/c1-11-7-12(8-15)4-5-14(11)20(18,19)17-10-13-3-2-6-16-9-13/h4-5,7,13,16-17H,2-3,6,9-10H2,1H3/t13-/m0/s1. The Balaban J connectivity index is 2.08. The minimum absolute atomic E-state index is 0.250. The molecule has 2 N–H and O–H groups in total. The lowest BCUT2D eigenvalue weighted by atomic mass is 10.0. The summed E-state index contributed by atoms with van der Waals surface area (Å²) >= 11 is 0. The van der Waals surface area contributed by atoms with Gasteiger partial charge in [0.05, 0.1) is 16.5 Å². The number of hydrogen-bond acceptors (Lipinski definition) is 4. The van der Waals surface area contributed by atoms with Gasteiger partial charge in [0, 0.05) is 6.54 Å². The van der Waals surface area contributed by atoms with Gasteiger partial charge in [-0.25, -0.2) is 13.1 Å². The van der Waals surface area contributed by atoms with Gasteiger partial charge in [0.2, 0.25) is 10.0 Å². The van der Waals surface area contributed by atoms with E-state index in [4.69, 9.17) is 5.26 Å². The van der Waals surface area contributed by atoms with E-state index in [0.717, 1.165) is 25.9 Å². The van der Waals surface area contributed by atoms with E-state index >= 15 is 0 Å². The first-order valence-corrected chi connectivity index (χ1v) is 8.22. The van der Waals surface area contributed by atoms with E-state index in [2.05, 4.69) is 10.0 Å². The molecule has 0 saturated carbocycles. The van der Waals surface area contributed by atoms with Crippen molar-refractivity contribution in [3.8, 4) is 6.07 Å². The van der Waals surface area contributed by atoms with Crippen LogP contribution in [0.15, 0.2) is 23.1 Å². The first-order chi connectivity index (χ1) is 9.53. The fourth-order valence-electron chi connectivity index (χ4n) is 2.42. The largest absolute Gasteiger partial charge is 0.316 e. The second-order valence-electron chi connectivity index (χ2n) is 5.16. The molecule has 0 aromatic heterocycles. The van der Waals surface area contributed by atoms with Crippen LogP contribution in [0.25, 0.3) is 0 Å². The van der Waals surface area contributed by atoms with Crippen LogP contribution in [-0.2, 0) is 10.0 Å². The highest BCUT2D eigenvalue weighted by Crippen LogP contribution is 2.17. The monoisotopic (exact) mass is 293 g/mol. The van der Waals surface area contributed by atoms with Crippen LogP contribution >= 0.6 is 0 Å². The van der Waals surface area contributed by atoms with Gasteiger partial charge in [-0.1, -0.05) is 0 Å². The number of nitriles is 1. The van der Waals surface area contributed by atoms with E-state index in [1.54, 1.807) is 13.0 Å². The molecule has 1 heterocycles. The van der Waals surface area contributed by atoms with Gasteiger partial charge in [0.25, 0.3) is 0 Å². The van der Waals surface area contributed by atoms with Crippen LogP contribution in [0.4, 0.5) is 0 Å². The number of benzene rings is 1. The second-order valence-corrected chi connectivity index (χ2v) is 6.89. The summed E-state index contributed by atoms with van der Waals surface area (Å²) in [4.78, 5) is 0.250. The minimum atomic E-state index is -3.50. The average Bonchev–Trinajstić information content (AvgIpc) is 2.46. The van der Waals surface area contributed by atoms with Crippen LogP contribution in [-0.4, -0.2) is 28.1 Å². The van der Waals surface area contributed by atoms with Crippen LogP contribution in [0, 0.1) is 24.2 Å². The van der Waals surface area contributed by atoms with Crippen molar-refractivity contribution < 1.29 is 8.42 Å². The Morgan fingerprint density at radius 3 is 2.90 bits per heavy atom. The van der Waals surface area contributed by atoms with Gasteiger partial charge in [-0.2, -0.15) is 5.26 Å². The third-order valence-corrected chi connectivity index (χ3v) is 5.14. The molecule has 5 nitrogen and oxygen atoms in total. The van der Waals surface area contributed by atoms with Crippen LogP contribution < -0.4 is 10.0 Å². The molecule has 0 spiro atoms. The molecule has 1 aliphatic heterocycles. The second kappa shape index (κ2) is 6.35. The maximum Gasteiger partial charge on any atom is 0.240 e. The smallest absolute Gasteiger partial charge is 0.240 e. The summed E-state index contributed by atoms with van der Waals surface area (Å²) in [6.45, 7) is 4.03. The number of piperidine rings is 1. The predicted molar refractivity (Wildman–Crippen MR) is 76.7 cm³/mol. The normalized spacial score (nSPS) is 19.5. The lowest BCUT2D eigenvalue weighted by Crippen LogP contribution is -2.38. The minimum Gasteiger partial charge on any atom is -0.316 e. The van der Waals surface area contributed by atoms with Crippen LogP contribution in [0.5, 0.6) is 0 Å². The lowest BCUT2D eigenvalue weighted by molar-refractivity contribution is 0.376. The Labute approximate surface area is 120 Å². The zero-order valence-corrected chi connectivity index (χ0v) is 12.3. The number of nitrogens with one attached hydrogen (secondary N) is 2. The summed E-state index contributed by atoms with van der Waals surface area (Å²) in [5.74, 6) is 0.345. The van der Waals surface area contributed by atoms with Crippen molar-refractivity contribution in [1.29, 1.82) is 5.26 Å². The van der Waals surface area contributed by atoms with Gasteiger partial charge in [-0.3, -0.25) is 0 Å². The molecule has 2 rings (SSSR count). The van der Waals surface area contributed by atoms with Gasteiger partial charge >= 0.3 is 0 Å². The molecule has 20 heavy (non-hydrogen) atoms. The SMILES string of the molecule is Cc1cc(C#N)ccc1S(=O)(=O)NC[C@H]1CCCNC1. The molecule has 1 aromatic rings.